The summed E-state index contributed by atoms with van der Waals surface area (Å²) in [7, 11) is 0. The average Bonchev–Trinajstić information content (AvgIpc) is 2.02. The van der Waals surface area contributed by atoms with Crippen molar-refractivity contribution in [3.05, 3.63) is 28.5 Å². The summed E-state index contributed by atoms with van der Waals surface area (Å²) in [5.74, 6) is -2.89. The van der Waals surface area contributed by atoms with Gasteiger partial charge in [0, 0.05) is 18.7 Å². The number of rotatable bonds is 2. The van der Waals surface area contributed by atoms with Crippen molar-refractivity contribution in [2.75, 3.05) is 0 Å². The third kappa shape index (κ3) is 2.35. The Morgan fingerprint density at radius 3 is 2.62 bits per heavy atom. The van der Waals surface area contributed by atoms with Gasteiger partial charge in [-0.15, -0.1) is 0 Å². The fourth-order valence-electron chi connectivity index (χ4n) is 0.890. The number of hydrogen-bond acceptors (Lipinski definition) is 1. The molecule has 0 aliphatic carbocycles. The van der Waals surface area contributed by atoms with E-state index < -0.39 is 5.92 Å². The van der Waals surface area contributed by atoms with Crippen molar-refractivity contribution in [3.8, 4) is 0 Å². The van der Waals surface area contributed by atoms with Gasteiger partial charge in [-0.05, 0) is 6.07 Å². The lowest BCUT2D eigenvalue weighted by molar-refractivity contribution is -0.387. The molecule has 0 atom stereocenters. The van der Waals surface area contributed by atoms with Gasteiger partial charge in [-0.3, -0.25) is 4.98 Å². The molecule has 2 nitrogen and oxygen atoms in total. The number of aromatic nitrogens is 1. The summed E-state index contributed by atoms with van der Waals surface area (Å²) in [4.78, 5) is 3.79. The molecule has 0 radical (unpaired) electrons. The van der Waals surface area contributed by atoms with E-state index in [0.717, 1.165) is 13.1 Å². The molecule has 0 saturated heterocycles. The molecule has 13 heavy (non-hydrogen) atoms. The number of alkyl halides is 2. The van der Waals surface area contributed by atoms with E-state index >= 15 is 0 Å². The Morgan fingerprint density at radius 1 is 1.62 bits per heavy atom. The van der Waals surface area contributed by atoms with E-state index in [9.17, 15) is 8.78 Å². The fraction of sp³-hybridized carbons (Fsp3) is 0.375. The lowest BCUT2D eigenvalue weighted by Gasteiger charge is -2.10. The van der Waals surface area contributed by atoms with Gasteiger partial charge < -0.3 is 5.73 Å². The van der Waals surface area contributed by atoms with Crippen LogP contribution in [0.3, 0.4) is 0 Å². The van der Waals surface area contributed by atoms with Crippen molar-refractivity contribution in [2.24, 2.45) is 0 Å². The van der Waals surface area contributed by atoms with E-state index in [2.05, 4.69) is 10.7 Å². The van der Waals surface area contributed by atoms with Crippen molar-refractivity contribution >= 4 is 11.6 Å². The SMILES string of the molecule is CC(F)(F)c1cnc(C[NH3+])c(Cl)c1. The summed E-state index contributed by atoms with van der Waals surface area (Å²) in [6.45, 7) is 1.21. The molecule has 0 amide bonds. The molecular formula is C8H10ClF2N2+. The molecular weight excluding hydrogens is 198 g/mol. The molecule has 0 saturated carbocycles. The van der Waals surface area contributed by atoms with E-state index in [-0.39, 0.29) is 10.6 Å². The predicted molar refractivity (Wildman–Crippen MR) is 45.4 cm³/mol. The molecule has 1 aromatic rings. The molecule has 0 aliphatic heterocycles. The first-order chi connectivity index (χ1) is 5.95. The molecule has 72 valence electrons. The van der Waals surface area contributed by atoms with Crippen molar-refractivity contribution in [1.29, 1.82) is 0 Å². The van der Waals surface area contributed by atoms with Gasteiger partial charge in [0.25, 0.3) is 5.92 Å². The maximum atomic E-state index is 12.8. The van der Waals surface area contributed by atoms with Crippen LogP contribution in [0.25, 0.3) is 0 Å². The van der Waals surface area contributed by atoms with Gasteiger partial charge in [0.05, 0.1) is 5.02 Å². The van der Waals surface area contributed by atoms with Gasteiger partial charge in [-0.1, -0.05) is 11.6 Å². The maximum Gasteiger partial charge on any atom is 0.272 e. The lowest BCUT2D eigenvalue weighted by Crippen LogP contribution is -2.48. The monoisotopic (exact) mass is 207 g/mol. The zero-order valence-corrected chi connectivity index (χ0v) is 7.91. The van der Waals surface area contributed by atoms with Crippen molar-refractivity contribution in [1.82, 2.24) is 4.98 Å². The standard InChI is InChI=1S/C8H9ClF2N2/c1-8(10,11)5-2-6(9)7(3-12)13-4-5/h2,4H,3,12H2,1H3/p+1. The van der Waals surface area contributed by atoms with Gasteiger partial charge in [-0.2, -0.15) is 0 Å². The summed E-state index contributed by atoms with van der Waals surface area (Å²) in [5.41, 5.74) is 3.94. The summed E-state index contributed by atoms with van der Waals surface area (Å²) < 4.78 is 25.5. The fourth-order valence-corrected chi connectivity index (χ4v) is 1.15. The molecule has 0 bridgehead atoms. The smallest absolute Gasteiger partial charge is 0.272 e. The number of hydrogen-bond donors (Lipinski definition) is 1. The van der Waals surface area contributed by atoms with E-state index in [1.807, 2.05) is 0 Å². The largest absolute Gasteiger partial charge is 0.352 e. The van der Waals surface area contributed by atoms with Crippen LogP contribution in [0.2, 0.25) is 5.02 Å². The molecule has 0 unspecified atom stereocenters. The molecule has 1 heterocycles. The zero-order chi connectivity index (χ0) is 10.1. The van der Waals surface area contributed by atoms with Crippen LogP contribution in [0.1, 0.15) is 18.2 Å². The number of pyridine rings is 1. The molecule has 0 aromatic carbocycles. The molecule has 1 rings (SSSR count). The normalized spacial score (nSPS) is 11.8. The Kier molecular flexibility index (Phi) is 2.83. The molecule has 0 spiro atoms. The Hall–Kier alpha value is -0.740. The second-order valence-electron chi connectivity index (χ2n) is 2.79. The van der Waals surface area contributed by atoms with Crippen LogP contribution in [0.5, 0.6) is 0 Å². The van der Waals surface area contributed by atoms with Crippen LogP contribution < -0.4 is 5.73 Å². The van der Waals surface area contributed by atoms with Crippen LogP contribution >= 0.6 is 11.6 Å². The second-order valence-corrected chi connectivity index (χ2v) is 3.20. The Bertz CT molecular complexity index is 310. The first-order valence-corrected chi connectivity index (χ1v) is 4.15. The van der Waals surface area contributed by atoms with Crippen molar-refractivity contribution in [3.63, 3.8) is 0 Å². The lowest BCUT2D eigenvalue weighted by atomic mass is 10.1. The summed E-state index contributed by atoms with van der Waals surface area (Å²) in [6, 6.07) is 1.23. The highest BCUT2D eigenvalue weighted by molar-refractivity contribution is 6.31. The highest BCUT2D eigenvalue weighted by atomic mass is 35.5. The quantitative estimate of drug-likeness (QED) is 0.786. The highest BCUT2D eigenvalue weighted by Gasteiger charge is 2.25. The van der Waals surface area contributed by atoms with Crippen LogP contribution in [-0.4, -0.2) is 4.98 Å². The van der Waals surface area contributed by atoms with E-state index in [1.54, 1.807) is 0 Å². The second kappa shape index (κ2) is 3.55. The van der Waals surface area contributed by atoms with Crippen LogP contribution in [0.4, 0.5) is 8.78 Å². The van der Waals surface area contributed by atoms with Crippen LogP contribution in [0, 0.1) is 0 Å². The Balaban J connectivity index is 3.10. The molecule has 0 aliphatic rings. The van der Waals surface area contributed by atoms with Crippen molar-refractivity contribution in [2.45, 2.75) is 19.4 Å². The first kappa shape index (κ1) is 10.3. The van der Waals surface area contributed by atoms with Gasteiger partial charge in [-0.25, -0.2) is 8.78 Å². The Labute approximate surface area is 79.7 Å². The van der Waals surface area contributed by atoms with Gasteiger partial charge in [0.15, 0.2) is 0 Å². The highest BCUT2D eigenvalue weighted by Crippen LogP contribution is 2.28. The van der Waals surface area contributed by atoms with Crippen molar-refractivity contribution < 1.29 is 14.5 Å². The Morgan fingerprint density at radius 2 is 2.23 bits per heavy atom. The topological polar surface area (TPSA) is 40.5 Å². The zero-order valence-electron chi connectivity index (χ0n) is 7.15. The minimum atomic E-state index is -2.89. The molecule has 3 N–H and O–H groups in total. The molecule has 5 heteroatoms. The predicted octanol–water partition coefficient (Wildman–Crippen LogP) is 1.59. The summed E-state index contributed by atoms with van der Waals surface area (Å²) in [5, 5.41) is 0.244. The van der Waals surface area contributed by atoms with E-state index in [0.29, 0.717) is 12.2 Å². The van der Waals surface area contributed by atoms with Gasteiger partial charge >= 0.3 is 0 Å². The van der Waals surface area contributed by atoms with E-state index in [1.165, 1.54) is 6.07 Å². The van der Waals surface area contributed by atoms with Gasteiger partial charge in [0.1, 0.15) is 12.2 Å². The summed E-state index contributed by atoms with van der Waals surface area (Å²) in [6.07, 6.45) is 1.13. The molecule has 1 aromatic heterocycles. The average molecular weight is 208 g/mol. The third-order valence-electron chi connectivity index (χ3n) is 1.66. The first-order valence-electron chi connectivity index (χ1n) is 3.77. The minimum absolute atomic E-state index is 0.172. The summed E-state index contributed by atoms with van der Waals surface area (Å²) >= 11 is 5.70. The third-order valence-corrected chi connectivity index (χ3v) is 1.99. The van der Waals surface area contributed by atoms with E-state index in [4.69, 9.17) is 11.6 Å². The van der Waals surface area contributed by atoms with Crippen LogP contribution in [0.15, 0.2) is 12.3 Å². The minimum Gasteiger partial charge on any atom is -0.352 e. The number of nitrogens with zero attached hydrogens (tertiary/aromatic N) is 1. The maximum absolute atomic E-state index is 12.8. The molecule has 0 fully saturated rings. The number of halogens is 3. The number of quaternary nitrogens is 1. The van der Waals surface area contributed by atoms with Crippen LogP contribution in [-0.2, 0) is 12.5 Å². The van der Waals surface area contributed by atoms with Gasteiger partial charge in [0.2, 0.25) is 0 Å².